The van der Waals surface area contributed by atoms with Gasteiger partial charge in [-0.25, -0.2) is 0 Å². The Morgan fingerprint density at radius 3 is 2.40 bits per heavy atom. The summed E-state index contributed by atoms with van der Waals surface area (Å²) in [5.41, 5.74) is 8.41. The van der Waals surface area contributed by atoms with Gasteiger partial charge in [0.1, 0.15) is 0 Å². The van der Waals surface area contributed by atoms with Gasteiger partial charge in [-0.2, -0.15) is 0 Å². The number of thiophene rings is 1. The molecule has 1 aromatic heterocycles. The molecule has 0 amide bonds. The van der Waals surface area contributed by atoms with Crippen LogP contribution in [0.4, 0.5) is 5.69 Å². The Hall–Kier alpha value is -1.32. The molecule has 106 valence electrons. The fourth-order valence-corrected chi connectivity index (χ4v) is 3.61. The minimum absolute atomic E-state index is 0.360. The zero-order chi connectivity index (χ0) is 14.0. The highest BCUT2D eigenvalue weighted by Gasteiger charge is 2.43. The summed E-state index contributed by atoms with van der Waals surface area (Å²) >= 11 is 1.92. The second-order valence-electron chi connectivity index (χ2n) is 5.73. The van der Waals surface area contributed by atoms with Crippen LogP contribution in [0, 0.1) is 0 Å². The molecule has 0 bridgehead atoms. The van der Waals surface area contributed by atoms with Gasteiger partial charge < -0.3 is 11.1 Å². The van der Waals surface area contributed by atoms with Crippen molar-refractivity contribution in [2.75, 3.05) is 12.3 Å². The molecule has 1 aliphatic carbocycles. The van der Waals surface area contributed by atoms with Gasteiger partial charge in [-0.3, -0.25) is 0 Å². The molecule has 3 rings (SSSR count). The maximum Gasteiger partial charge on any atom is 0.0314 e. The minimum Gasteiger partial charge on any atom is -0.399 e. The Labute approximate surface area is 125 Å². The highest BCUT2D eigenvalue weighted by Crippen LogP contribution is 2.47. The second kappa shape index (κ2) is 5.58. The van der Waals surface area contributed by atoms with Crippen LogP contribution in [-0.2, 0) is 18.4 Å². The molecule has 0 aliphatic heterocycles. The van der Waals surface area contributed by atoms with Gasteiger partial charge in [0, 0.05) is 33.9 Å². The van der Waals surface area contributed by atoms with Crippen molar-refractivity contribution in [2.45, 2.75) is 38.1 Å². The van der Waals surface area contributed by atoms with E-state index in [2.05, 4.69) is 36.5 Å². The first-order valence-corrected chi connectivity index (χ1v) is 8.18. The van der Waals surface area contributed by atoms with E-state index >= 15 is 0 Å². The Kier molecular flexibility index (Phi) is 3.81. The lowest BCUT2D eigenvalue weighted by Gasteiger charge is -2.16. The molecule has 1 saturated carbocycles. The van der Waals surface area contributed by atoms with E-state index in [1.165, 1.54) is 28.2 Å². The molecule has 1 fully saturated rings. The zero-order valence-electron chi connectivity index (χ0n) is 12.0. The van der Waals surface area contributed by atoms with Crippen LogP contribution in [-0.4, -0.2) is 6.54 Å². The molecule has 0 spiro atoms. The predicted octanol–water partition coefficient (Wildman–Crippen LogP) is 3.71. The molecule has 20 heavy (non-hydrogen) atoms. The van der Waals surface area contributed by atoms with Crippen LogP contribution in [0.3, 0.4) is 0 Å². The van der Waals surface area contributed by atoms with Gasteiger partial charge in [0.25, 0.3) is 0 Å². The van der Waals surface area contributed by atoms with E-state index in [0.29, 0.717) is 5.41 Å². The Bertz CT molecular complexity index is 567. The van der Waals surface area contributed by atoms with E-state index < -0.39 is 0 Å². The third kappa shape index (κ3) is 2.89. The van der Waals surface area contributed by atoms with Gasteiger partial charge in [0.15, 0.2) is 0 Å². The van der Waals surface area contributed by atoms with Gasteiger partial charge in [-0.1, -0.05) is 19.1 Å². The van der Waals surface area contributed by atoms with Crippen molar-refractivity contribution in [2.24, 2.45) is 0 Å². The van der Waals surface area contributed by atoms with E-state index in [0.717, 1.165) is 25.2 Å². The first-order chi connectivity index (χ1) is 9.72. The molecule has 0 radical (unpaired) electrons. The number of hydrogen-bond acceptors (Lipinski definition) is 3. The largest absolute Gasteiger partial charge is 0.399 e. The van der Waals surface area contributed by atoms with Gasteiger partial charge >= 0.3 is 0 Å². The number of rotatable bonds is 6. The van der Waals surface area contributed by atoms with E-state index in [1.807, 2.05) is 23.5 Å². The summed E-state index contributed by atoms with van der Waals surface area (Å²) < 4.78 is 0. The summed E-state index contributed by atoms with van der Waals surface area (Å²) in [6.45, 7) is 4.26. The van der Waals surface area contributed by atoms with Crippen LogP contribution in [0.5, 0.6) is 0 Å². The second-order valence-corrected chi connectivity index (χ2v) is 6.98. The van der Waals surface area contributed by atoms with Crippen molar-refractivity contribution in [3.63, 3.8) is 0 Å². The Morgan fingerprint density at radius 2 is 1.80 bits per heavy atom. The molecule has 0 saturated heterocycles. The highest BCUT2D eigenvalue weighted by molar-refractivity contribution is 7.11. The van der Waals surface area contributed by atoms with Gasteiger partial charge in [-0.05, 0) is 49.1 Å². The Balaban J connectivity index is 1.56. The van der Waals surface area contributed by atoms with Crippen LogP contribution in [0.25, 0.3) is 0 Å². The summed E-state index contributed by atoms with van der Waals surface area (Å²) in [7, 11) is 0. The molecule has 0 atom stereocenters. The lowest BCUT2D eigenvalue weighted by atomic mass is 9.96. The first-order valence-electron chi connectivity index (χ1n) is 7.36. The SMILES string of the molecule is CCc1ccc(CNCC2(c3ccc(N)cc3)CC2)s1. The van der Waals surface area contributed by atoms with Crippen molar-refractivity contribution in [1.29, 1.82) is 0 Å². The number of nitrogens with one attached hydrogen (secondary N) is 1. The van der Waals surface area contributed by atoms with Crippen LogP contribution < -0.4 is 11.1 Å². The number of nitrogens with two attached hydrogens (primary N) is 1. The van der Waals surface area contributed by atoms with Crippen LogP contribution in [0.2, 0.25) is 0 Å². The monoisotopic (exact) mass is 286 g/mol. The molecule has 3 heteroatoms. The van der Waals surface area contributed by atoms with Crippen LogP contribution in [0.15, 0.2) is 36.4 Å². The summed E-state index contributed by atoms with van der Waals surface area (Å²) in [4.78, 5) is 2.91. The van der Waals surface area contributed by atoms with Gasteiger partial charge in [-0.15, -0.1) is 11.3 Å². The lowest BCUT2D eigenvalue weighted by Crippen LogP contribution is -2.26. The van der Waals surface area contributed by atoms with Gasteiger partial charge in [0.2, 0.25) is 0 Å². The first kappa shape index (κ1) is 13.7. The standard InChI is InChI=1S/C17H22N2S/c1-2-15-7-8-16(20-15)11-19-12-17(9-10-17)13-3-5-14(18)6-4-13/h3-8,19H,2,9-12,18H2,1H3. The van der Waals surface area contributed by atoms with Crippen molar-refractivity contribution < 1.29 is 0 Å². The van der Waals surface area contributed by atoms with Crippen molar-refractivity contribution in [1.82, 2.24) is 5.32 Å². The van der Waals surface area contributed by atoms with Crippen molar-refractivity contribution in [3.8, 4) is 0 Å². The fourth-order valence-electron chi connectivity index (χ4n) is 2.69. The predicted molar refractivity (Wildman–Crippen MR) is 87.2 cm³/mol. The van der Waals surface area contributed by atoms with E-state index in [9.17, 15) is 0 Å². The van der Waals surface area contributed by atoms with E-state index in [1.54, 1.807) is 0 Å². The molecule has 1 aliphatic rings. The van der Waals surface area contributed by atoms with Crippen LogP contribution in [0.1, 0.15) is 35.1 Å². The van der Waals surface area contributed by atoms with E-state index in [4.69, 9.17) is 5.73 Å². The molecule has 3 N–H and O–H groups in total. The third-order valence-corrected chi connectivity index (χ3v) is 5.43. The zero-order valence-corrected chi connectivity index (χ0v) is 12.8. The number of aryl methyl sites for hydroxylation is 1. The summed E-state index contributed by atoms with van der Waals surface area (Å²) in [5, 5.41) is 3.63. The minimum atomic E-state index is 0.360. The molecule has 1 heterocycles. The summed E-state index contributed by atoms with van der Waals surface area (Å²) in [6, 6.07) is 12.9. The average Bonchev–Trinajstić information content (AvgIpc) is 3.10. The lowest BCUT2D eigenvalue weighted by molar-refractivity contribution is 0.577. The summed E-state index contributed by atoms with van der Waals surface area (Å²) in [5.74, 6) is 0. The number of benzene rings is 1. The van der Waals surface area contributed by atoms with Crippen molar-refractivity contribution >= 4 is 17.0 Å². The maximum atomic E-state index is 5.77. The number of hydrogen-bond donors (Lipinski definition) is 2. The molecule has 2 nitrogen and oxygen atoms in total. The molecule has 1 aromatic carbocycles. The highest BCUT2D eigenvalue weighted by atomic mass is 32.1. The maximum absolute atomic E-state index is 5.77. The average molecular weight is 286 g/mol. The normalized spacial score (nSPS) is 16.2. The third-order valence-electron chi connectivity index (χ3n) is 4.20. The molecular formula is C17H22N2S. The molecular weight excluding hydrogens is 264 g/mol. The Morgan fingerprint density at radius 1 is 1.10 bits per heavy atom. The van der Waals surface area contributed by atoms with Crippen LogP contribution >= 0.6 is 11.3 Å². The molecule has 0 unspecified atom stereocenters. The quantitative estimate of drug-likeness (QED) is 0.794. The summed E-state index contributed by atoms with van der Waals surface area (Å²) in [6.07, 6.45) is 3.71. The fraction of sp³-hybridized carbons (Fsp3) is 0.412. The smallest absolute Gasteiger partial charge is 0.0314 e. The van der Waals surface area contributed by atoms with Gasteiger partial charge in [0.05, 0.1) is 0 Å². The number of anilines is 1. The van der Waals surface area contributed by atoms with Crippen molar-refractivity contribution in [3.05, 3.63) is 51.7 Å². The number of nitrogen functional groups attached to an aromatic ring is 1. The topological polar surface area (TPSA) is 38.0 Å². The van der Waals surface area contributed by atoms with E-state index in [-0.39, 0.29) is 0 Å². The molecule has 2 aromatic rings.